The summed E-state index contributed by atoms with van der Waals surface area (Å²) in [5.74, 6) is 0. The van der Waals surface area contributed by atoms with E-state index in [0.717, 1.165) is 12.1 Å². The minimum absolute atomic E-state index is 0.156. The minimum Gasteiger partial charge on any atom is -0.297 e. The molecule has 1 N–H and O–H groups in total. The van der Waals surface area contributed by atoms with Crippen LogP contribution in [0.1, 0.15) is 63.8 Å². The van der Waals surface area contributed by atoms with Gasteiger partial charge in [-0.3, -0.25) is 10.4 Å². The Bertz CT molecular complexity index is 993. The van der Waals surface area contributed by atoms with Gasteiger partial charge in [0.1, 0.15) is 0 Å². The Balaban J connectivity index is 1.61. The molecule has 0 saturated heterocycles. The number of hydrazine groups is 1. The molecule has 0 saturated carbocycles. The van der Waals surface area contributed by atoms with Crippen LogP contribution in [0.15, 0.2) is 77.5 Å². The molecule has 0 radical (unpaired) electrons. The third kappa shape index (κ3) is 4.46. The number of anilines is 1. The average molecular weight is 417 g/mol. The Morgan fingerprint density at radius 2 is 1.60 bits per heavy atom. The normalized spacial score (nSPS) is 17.0. The molecule has 0 amide bonds. The number of para-hydroxylation sites is 1. The van der Waals surface area contributed by atoms with Crippen molar-refractivity contribution in [3.8, 4) is 0 Å². The van der Waals surface area contributed by atoms with Crippen molar-refractivity contribution >= 4 is 22.7 Å². The summed E-state index contributed by atoms with van der Waals surface area (Å²) in [6.45, 7) is 11.7. The zero-order valence-corrected chi connectivity index (χ0v) is 19.5. The van der Waals surface area contributed by atoms with E-state index < -0.39 is 0 Å². The number of rotatable bonds is 5. The van der Waals surface area contributed by atoms with Gasteiger partial charge in [0, 0.05) is 0 Å². The van der Waals surface area contributed by atoms with Crippen LogP contribution in [0.3, 0.4) is 0 Å². The van der Waals surface area contributed by atoms with Gasteiger partial charge in [0.15, 0.2) is 0 Å². The van der Waals surface area contributed by atoms with Gasteiger partial charge < -0.3 is 0 Å². The van der Waals surface area contributed by atoms with E-state index >= 15 is 0 Å². The molecule has 0 bridgehead atoms. The molecule has 1 aliphatic heterocycles. The summed E-state index contributed by atoms with van der Waals surface area (Å²) >= 11 is 1.75. The molecule has 2 heterocycles. The summed E-state index contributed by atoms with van der Waals surface area (Å²) in [7, 11) is 0. The quantitative estimate of drug-likeness (QED) is 0.461. The number of benzene rings is 2. The summed E-state index contributed by atoms with van der Waals surface area (Å²) < 4.78 is 0. The molecule has 0 aliphatic carbocycles. The Hall–Kier alpha value is -2.52. The fraction of sp³-hybridized carbons (Fsp3) is 0.333. The summed E-state index contributed by atoms with van der Waals surface area (Å²) in [5.41, 5.74) is 10.4. The predicted molar refractivity (Wildman–Crippen MR) is 131 cm³/mol. The monoisotopic (exact) mass is 416 g/mol. The van der Waals surface area contributed by atoms with Gasteiger partial charge in [-0.15, -0.1) is 0 Å². The Morgan fingerprint density at radius 1 is 0.900 bits per heavy atom. The second kappa shape index (κ2) is 7.96. The first-order valence-electron chi connectivity index (χ1n) is 10.7. The van der Waals surface area contributed by atoms with Crippen molar-refractivity contribution in [3.05, 3.63) is 94.2 Å². The number of hydrogen-bond donors (Lipinski definition) is 1. The van der Waals surface area contributed by atoms with Crippen molar-refractivity contribution in [2.24, 2.45) is 5.41 Å². The maximum Gasteiger partial charge on any atom is 0.0966 e. The molecule has 2 aromatic carbocycles. The van der Waals surface area contributed by atoms with Crippen LogP contribution in [-0.2, 0) is 5.41 Å². The van der Waals surface area contributed by atoms with Gasteiger partial charge in [0.25, 0.3) is 0 Å². The third-order valence-electron chi connectivity index (χ3n) is 5.71. The lowest BCUT2D eigenvalue weighted by Crippen LogP contribution is -2.33. The van der Waals surface area contributed by atoms with Gasteiger partial charge in [-0.1, -0.05) is 77.1 Å². The van der Waals surface area contributed by atoms with Crippen molar-refractivity contribution in [2.45, 2.75) is 52.5 Å². The predicted octanol–water partition coefficient (Wildman–Crippen LogP) is 7.57. The molecule has 2 nitrogen and oxygen atoms in total. The number of hydrogen-bond acceptors (Lipinski definition) is 3. The zero-order chi connectivity index (χ0) is 21.4. The van der Waals surface area contributed by atoms with E-state index in [9.17, 15) is 0 Å². The van der Waals surface area contributed by atoms with E-state index in [1.54, 1.807) is 11.3 Å². The van der Waals surface area contributed by atoms with Gasteiger partial charge in [-0.25, -0.2) is 0 Å². The molecule has 1 aromatic heterocycles. The molecule has 0 fully saturated rings. The highest BCUT2D eigenvalue weighted by atomic mass is 32.1. The van der Waals surface area contributed by atoms with E-state index in [4.69, 9.17) is 0 Å². The Labute approximate surface area is 185 Å². The Morgan fingerprint density at radius 3 is 2.20 bits per heavy atom. The summed E-state index contributed by atoms with van der Waals surface area (Å²) in [4.78, 5) is 0. The van der Waals surface area contributed by atoms with Crippen molar-refractivity contribution in [3.63, 3.8) is 0 Å². The molecule has 1 unspecified atom stereocenters. The smallest absolute Gasteiger partial charge is 0.0966 e. The lowest BCUT2D eigenvalue weighted by molar-refractivity contribution is 0.284. The van der Waals surface area contributed by atoms with E-state index in [1.807, 2.05) is 0 Å². The van der Waals surface area contributed by atoms with Crippen molar-refractivity contribution in [2.75, 3.05) is 5.01 Å². The fourth-order valence-corrected chi connectivity index (χ4v) is 5.35. The summed E-state index contributed by atoms with van der Waals surface area (Å²) in [6.07, 6.45) is 3.49. The summed E-state index contributed by atoms with van der Waals surface area (Å²) in [5, 5.41) is 6.64. The minimum atomic E-state index is 0.156. The van der Waals surface area contributed by atoms with Crippen LogP contribution in [0.2, 0.25) is 0 Å². The highest BCUT2D eigenvalue weighted by Crippen LogP contribution is 2.38. The highest BCUT2D eigenvalue weighted by Gasteiger charge is 2.29. The van der Waals surface area contributed by atoms with Crippen LogP contribution >= 0.6 is 11.3 Å². The second-order valence-electron chi connectivity index (χ2n) is 10.1. The fourth-order valence-electron chi connectivity index (χ4n) is 4.66. The zero-order valence-electron chi connectivity index (χ0n) is 18.6. The largest absolute Gasteiger partial charge is 0.297 e. The van der Waals surface area contributed by atoms with E-state index in [1.165, 1.54) is 22.4 Å². The standard InChI is InChI=1S/C27H32N2S/c1-26(2,3)19-27(4,5)22-13-11-20(12-14-22)24-17-25(21-15-16-30-18-21)29(28-24)23-9-7-6-8-10-23/h6-18,25,28H,19H2,1-5H3. The first-order valence-corrected chi connectivity index (χ1v) is 11.6. The molecule has 156 valence electrons. The van der Waals surface area contributed by atoms with Crippen LogP contribution in [0, 0.1) is 5.41 Å². The number of thiophene rings is 1. The van der Waals surface area contributed by atoms with Crippen molar-refractivity contribution in [1.29, 1.82) is 0 Å². The van der Waals surface area contributed by atoms with Crippen LogP contribution in [-0.4, -0.2) is 0 Å². The molecule has 1 atom stereocenters. The topological polar surface area (TPSA) is 15.3 Å². The average Bonchev–Trinajstić information content (AvgIpc) is 3.37. The lowest BCUT2D eigenvalue weighted by atomic mass is 9.72. The van der Waals surface area contributed by atoms with Gasteiger partial charge in [-0.05, 0) is 69.0 Å². The van der Waals surface area contributed by atoms with E-state index in [0.29, 0.717) is 5.41 Å². The lowest BCUT2D eigenvalue weighted by Gasteiger charge is -2.33. The number of nitrogens with zero attached hydrogens (tertiary/aromatic N) is 1. The van der Waals surface area contributed by atoms with Crippen LogP contribution in [0.25, 0.3) is 5.70 Å². The second-order valence-corrected chi connectivity index (χ2v) is 10.9. The van der Waals surface area contributed by atoms with E-state index in [2.05, 4.69) is 123 Å². The molecule has 0 spiro atoms. The van der Waals surface area contributed by atoms with Crippen molar-refractivity contribution in [1.82, 2.24) is 5.43 Å². The molecular formula is C27H32N2S. The molecule has 3 heteroatoms. The van der Waals surface area contributed by atoms with Gasteiger partial charge in [0.05, 0.1) is 17.4 Å². The SMILES string of the molecule is CC(C)(C)CC(C)(C)c1ccc(C2=CC(c3ccsc3)N(c3ccccc3)N2)cc1. The van der Waals surface area contributed by atoms with Crippen LogP contribution < -0.4 is 10.4 Å². The molecule has 4 rings (SSSR count). The summed E-state index contributed by atoms with van der Waals surface area (Å²) in [6, 6.07) is 22.1. The third-order valence-corrected chi connectivity index (χ3v) is 6.41. The number of nitrogens with one attached hydrogen (secondary N) is 1. The van der Waals surface area contributed by atoms with Crippen LogP contribution in [0.5, 0.6) is 0 Å². The highest BCUT2D eigenvalue weighted by molar-refractivity contribution is 7.08. The maximum atomic E-state index is 3.66. The molecule has 3 aromatic rings. The van der Waals surface area contributed by atoms with E-state index in [-0.39, 0.29) is 11.5 Å². The van der Waals surface area contributed by atoms with Crippen molar-refractivity contribution < 1.29 is 0 Å². The maximum absolute atomic E-state index is 3.66. The van der Waals surface area contributed by atoms with Gasteiger partial charge in [-0.2, -0.15) is 11.3 Å². The van der Waals surface area contributed by atoms with Gasteiger partial charge in [0.2, 0.25) is 0 Å². The molecule has 1 aliphatic rings. The molecule has 30 heavy (non-hydrogen) atoms. The first-order chi connectivity index (χ1) is 14.2. The van der Waals surface area contributed by atoms with Gasteiger partial charge >= 0.3 is 0 Å². The van der Waals surface area contributed by atoms with Crippen LogP contribution in [0.4, 0.5) is 5.69 Å². The first kappa shape index (κ1) is 20.7. The Kier molecular flexibility index (Phi) is 5.50. The molecular weight excluding hydrogens is 384 g/mol.